The van der Waals surface area contributed by atoms with E-state index in [-0.39, 0.29) is 0 Å². The molecule has 0 aromatic heterocycles. The van der Waals surface area contributed by atoms with Gasteiger partial charge in [0, 0.05) is 0 Å². The molecule has 0 spiro atoms. The smallest absolute Gasteiger partial charge is 0.0206 e. The predicted octanol–water partition coefficient (Wildman–Crippen LogP) is 4.00. The first kappa shape index (κ1) is 9.35. The summed E-state index contributed by atoms with van der Waals surface area (Å²) in [6.45, 7) is 0. The van der Waals surface area contributed by atoms with Crippen LogP contribution in [0.4, 0.5) is 0 Å². The summed E-state index contributed by atoms with van der Waals surface area (Å²) < 4.78 is 0. The zero-order valence-corrected chi connectivity index (χ0v) is 7.76. The summed E-state index contributed by atoms with van der Waals surface area (Å²) in [6.07, 6.45) is 17.8. The van der Waals surface area contributed by atoms with Gasteiger partial charge >= 0.3 is 0 Å². The second kappa shape index (κ2) is 6.94. The van der Waals surface area contributed by atoms with Gasteiger partial charge in [-0.05, 0) is 37.8 Å². The molecule has 0 nitrogen and oxygen atoms in total. The van der Waals surface area contributed by atoms with Gasteiger partial charge in [0.15, 0.2) is 0 Å². The third kappa shape index (κ3) is 4.98. The van der Waals surface area contributed by atoms with Gasteiger partial charge in [-0.15, -0.1) is 5.73 Å². The van der Waals surface area contributed by atoms with Gasteiger partial charge in [0.1, 0.15) is 0 Å². The molecule has 0 saturated heterocycles. The van der Waals surface area contributed by atoms with Crippen LogP contribution < -0.4 is 0 Å². The van der Waals surface area contributed by atoms with Crippen LogP contribution in [0.2, 0.25) is 0 Å². The molecule has 0 fully saturated rings. The van der Waals surface area contributed by atoms with Crippen molar-refractivity contribution in [2.45, 2.75) is 44.9 Å². The molecule has 0 radical (unpaired) electrons. The fourth-order valence-electron chi connectivity index (χ4n) is 1.41. The SMILES string of the molecule is C1=C/C=C/CCCCCCCC=1. The Morgan fingerprint density at radius 1 is 0.833 bits per heavy atom. The highest BCUT2D eigenvalue weighted by Gasteiger charge is 1.88. The van der Waals surface area contributed by atoms with Gasteiger partial charge in [0.25, 0.3) is 0 Å². The Morgan fingerprint density at radius 2 is 1.58 bits per heavy atom. The molecule has 0 heterocycles. The van der Waals surface area contributed by atoms with E-state index in [1.165, 1.54) is 44.9 Å². The molecule has 66 valence electrons. The summed E-state index contributed by atoms with van der Waals surface area (Å²) in [5.41, 5.74) is 3.17. The molecule has 1 aliphatic rings. The Morgan fingerprint density at radius 3 is 2.50 bits per heavy atom. The largest absolute Gasteiger partial charge is 0.125 e. The summed E-state index contributed by atoms with van der Waals surface area (Å²) in [5.74, 6) is 0. The molecule has 0 unspecified atom stereocenters. The summed E-state index contributed by atoms with van der Waals surface area (Å²) in [6, 6.07) is 0. The fourth-order valence-corrected chi connectivity index (χ4v) is 1.41. The maximum atomic E-state index is 3.17. The number of rotatable bonds is 0. The summed E-state index contributed by atoms with van der Waals surface area (Å²) in [5, 5.41) is 0. The molecular weight excluding hydrogens is 144 g/mol. The lowest BCUT2D eigenvalue weighted by Gasteiger charge is -1.97. The topological polar surface area (TPSA) is 0 Å². The van der Waals surface area contributed by atoms with Crippen LogP contribution in [-0.2, 0) is 0 Å². The predicted molar refractivity (Wildman–Crippen MR) is 54.1 cm³/mol. The number of allylic oxidation sites excluding steroid dienone is 3. The van der Waals surface area contributed by atoms with Crippen LogP contribution >= 0.6 is 0 Å². The van der Waals surface area contributed by atoms with Gasteiger partial charge in [0.05, 0.1) is 0 Å². The normalized spacial score (nSPS) is 22.7. The van der Waals surface area contributed by atoms with Crippen LogP contribution in [0.1, 0.15) is 44.9 Å². The van der Waals surface area contributed by atoms with Gasteiger partial charge in [0.2, 0.25) is 0 Å². The van der Waals surface area contributed by atoms with Gasteiger partial charge in [-0.2, -0.15) is 0 Å². The van der Waals surface area contributed by atoms with Crippen molar-refractivity contribution in [1.29, 1.82) is 0 Å². The maximum absolute atomic E-state index is 3.17. The van der Waals surface area contributed by atoms with Crippen molar-refractivity contribution < 1.29 is 0 Å². The quantitative estimate of drug-likeness (QED) is 0.472. The van der Waals surface area contributed by atoms with E-state index in [9.17, 15) is 0 Å². The first-order valence-electron chi connectivity index (χ1n) is 5.06. The zero-order valence-electron chi connectivity index (χ0n) is 7.76. The van der Waals surface area contributed by atoms with Crippen LogP contribution in [0.5, 0.6) is 0 Å². The Balaban J connectivity index is 2.33. The Hall–Kier alpha value is -0.740. The van der Waals surface area contributed by atoms with Crippen LogP contribution in [0.3, 0.4) is 0 Å². The highest BCUT2D eigenvalue weighted by atomic mass is 13.9. The minimum absolute atomic E-state index is 1.20. The van der Waals surface area contributed by atoms with Crippen LogP contribution in [0.25, 0.3) is 0 Å². The van der Waals surface area contributed by atoms with Gasteiger partial charge in [-0.1, -0.05) is 31.4 Å². The molecule has 12 heavy (non-hydrogen) atoms. The van der Waals surface area contributed by atoms with Crippen molar-refractivity contribution in [3.05, 3.63) is 30.0 Å². The second-order valence-corrected chi connectivity index (χ2v) is 3.31. The van der Waals surface area contributed by atoms with Crippen LogP contribution in [0.15, 0.2) is 30.0 Å². The van der Waals surface area contributed by atoms with Crippen molar-refractivity contribution >= 4 is 0 Å². The van der Waals surface area contributed by atoms with E-state index in [2.05, 4.69) is 24.0 Å². The van der Waals surface area contributed by atoms with Crippen molar-refractivity contribution in [3.63, 3.8) is 0 Å². The van der Waals surface area contributed by atoms with Crippen molar-refractivity contribution in [3.8, 4) is 0 Å². The average Bonchev–Trinajstić information content (AvgIpc) is 2.05. The highest BCUT2D eigenvalue weighted by molar-refractivity contribution is 5.02. The van der Waals surface area contributed by atoms with E-state index in [0.717, 1.165) is 0 Å². The number of hydrogen-bond acceptors (Lipinski definition) is 0. The molecule has 0 aromatic rings. The van der Waals surface area contributed by atoms with Crippen molar-refractivity contribution in [2.24, 2.45) is 0 Å². The molecule has 0 bridgehead atoms. The standard InChI is InChI=1S/C12H18/c1-2-4-6-8-10-12-11-9-7-5-3-1/h1-3,7H,4,6,8-12H2/b2-1+. The third-order valence-electron chi connectivity index (χ3n) is 2.17. The maximum Gasteiger partial charge on any atom is -0.0206 e. The van der Waals surface area contributed by atoms with E-state index in [1.54, 1.807) is 0 Å². The fraction of sp³-hybridized carbons (Fsp3) is 0.583. The van der Waals surface area contributed by atoms with Crippen LogP contribution in [0, 0.1) is 0 Å². The molecule has 1 rings (SSSR count). The Labute approximate surface area is 75.7 Å². The lowest BCUT2D eigenvalue weighted by molar-refractivity contribution is 0.622. The Bertz CT molecular complexity index is 180. The van der Waals surface area contributed by atoms with Gasteiger partial charge in [-0.3, -0.25) is 0 Å². The molecule has 0 N–H and O–H groups in total. The Kier molecular flexibility index (Phi) is 5.41. The first-order valence-corrected chi connectivity index (χ1v) is 5.06. The molecule has 0 heteroatoms. The van der Waals surface area contributed by atoms with Gasteiger partial charge < -0.3 is 0 Å². The molecule has 0 aliphatic heterocycles. The zero-order chi connectivity index (χ0) is 8.49. The van der Waals surface area contributed by atoms with Crippen LogP contribution in [-0.4, -0.2) is 0 Å². The van der Waals surface area contributed by atoms with E-state index < -0.39 is 0 Å². The summed E-state index contributed by atoms with van der Waals surface area (Å²) in [4.78, 5) is 0. The molecule has 1 aliphatic carbocycles. The molecule has 0 atom stereocenters. The summed E-state index contributed by atoms with van der Waals surface area (Å²) >= 11 is 0. The average molecular weight is 162 g/mol. The van der Waals surface area contributed by atoms with Gasteiger partial charge in [-0.25, -0.2) is 0 Å². The van der Waals surface area contributed by atoms with Crippen molar-refractivity contribution in [2.75, 3.05) is 0 Å². The number of hydrogen-bond donors (Lipinski definition) is 0. The van der Waals surface area contributed by atoms with Crippen molar-refractivity contribution in [1.82, 2.24) is 0 Å². The first-order chi connectivity index (χ1) is 6.00. The lowest BCUT2D eigenvalue weighted by atomic mass is 10.1. The lowest BCUT2D eigenvalue weighted by Crippen LogP contribution is -1.78. The minimum Gasteiger partial charge on any atom is -0.125 e. The van der Waals surface area contributed by atoms with E-state index >= 15 is 0 Å². The third-order valence-corrected chi connectivity index (χ3v) is 2.17. The molecule has 0 amide bonds. The molecule has 0 saturated carbocycles. The summed E-state index contributed by atoms with van der Waals surface area (Å²) in [7, 11) is 0. The second-order valence-electron chi connectivity index (χ2n) is 3.31. The minimum atomic E-state index is 1.20. The van der Waals surface area contributed by atoms with E-state index in [4.69, 9.17) is 0 Å². The monoisotopic (exact) mass is 162 g/mol. The molecule has 0 aromatic carbocycles. The molecular formula is C12H18. The van der Waals surface area contributed by atoms with E-state index in [0.29, 0.717) is 0 Å². The highest BCUT2D eigenvalue weighted by Crippen LogP contribution is 2.08. The van der Waals surface area contributed by atoms with E-state index in [1.807, 2.05) is 6.08 Å².